The van der Waals surface area contributed by atoms with E-state index < -0.39 is 0 Å². The summed E-state index contributed by atoms with van der Waals surface area (Å²) in [5.74, 6) is 0.324. The van der Waals surface area contributed by atoms with Gasteiger partial charge in [0, 0.05) is 23.6 Å². The second-order valence-corrected chi connectivity index (χ2v) is 5.70. The van der Waals surface area contributed by atoms with Gasteiger partial charge < -0.3 is 14.1 Å². The highest BCUT2D eigenvalue weighted by Crippen LogP contribution is 2.19. The smallest absolute Gasteiger partial charge is 0.247 e. The van der Waals surface area contributed by atoms with Crippen LogP contribution in [-0.4, -0.2) is 25.5 Å². The van der Waals surface area contributed by atoms with Gasteiger partial charge in [-0.05, 0) is 42.8 Å². The van der Waals surface area contributed by atoms with E-state index in [2.05, 4.69) is 20.5 Å². The first kappa shape index (κ1) is 15.1. The molecule has 7 nitrogen and oxygen atoms in total. The van der Waals surface area contributed by atoms with E-state index in [0.29, 0.717) is 11.6 Å². The molecule has 0 saturated carbocycles. The molecule has 1 N–H and O–H groups in total. The molecular weight excluding hydrogens is 318 g/mol. The molecule has 0 spiro atoms. The van der Waals surface area contributed by atoms with Crippen LogP contribution in [-0.2, 0) is 11.2 Å². The topological polar surface area (TPSA) is 85.3 Å². The van der Waals surface area contributed by atoms with E-state index >= 15 is 0 Å². The number of amides is 1. The maximum Gasteiger partial charge on any atom is 0.247 e. The van der Waals surface area contributed by atoms with Gasteiger partial charge in [0.25, 0.3) is 0 Å². The van der Waals surface area contributed by atoms with Crippen LogP contribution in [0.15, 0.2) is 59.6 Å². The normalized spacial score (nSPS) is 10.9. The number of anilines is 1. The van der Waals surface area contributed by atoms with Gasteiger partial charge in [0.2, 0.25) is 18.2 Å². The van der Waals surface area contributed by atoms with E-state index in [4.69, 9.17) is 4.42 Å². The highest BCUT2D eigenvalue weighted by molar-refractivity contribution is 5.92. The molecule has 1 aromatic carbocycles. The molecule has 0 aliphatic rings. The lowest BCUT2D eigenvalue weighted by atomic mass is 10.2. The molecule has 0 aliphatic heterocycles. The first-order valence-corrected chi connectivity index (χ1v) is 7.79. The first-order chi connectivity index (χ1) is 12.2. The maximum absolute atomic E-state index is 12.3. The Balaban J connectivity index is 1.45. The van der Waals surface area contributed by atoms with Crippen molar-refractivity contribution in [3.8, 4) is 11.5 Å². The Morgan fingerprint density at radius 1 is 1.24 bits per heavy atom. The molecular formula is C18H15N5O2. The zero-order chi connectivity index (χ0) is 17.2. The van der Waals surface area contributed by atoms with Crippen LogP contribution in [0.3, 0.4) is 0 Å². The van der Waals surface area contributed by atoms with Crippen LogP contribution in [0.4, 0.5) is 5.69 Å². The van der Waals surface area contributed by atoms with Crippen LogP contribution < -0.4 is 5.32 Å². The highest BCUT2D eigenvalue weighted by Gasteiger charge is 2.10. The monoisotopic (exact) mass is 333 g/mol. The summed E-state index contributed by atoms with van der Waals surface area (Å²) in [4.78, 5) is 16.8. The first-order valence-electron chi connectivity index (χ1n) is 7.79. The molecule has 3 aromatic heterocycles. The van der Waals surface area contributed by atoms with E-state index in [1.54, 1.807) is 12.1 Å². The molecule has 0 radical (unpaired) electrons. The Hall–Kier alpha value is -3.48. The summed E-state index contributed by atoms with van der Waals surface area (Å²) in [6.07, 6.45) is 5.29. The van der Waals surface area contributed by atoms with Crippen LogP contribution in [0, 0.1) is 6.92 Å². The van der Waals surface area contributed by atoms with Crippen LogP contribution >= 0.6 is 0 Å². The van der Waals surface area contributed by atoms with E-state index in [1.165, 1.54) is 6.39 Å². The van der Waals surface area contributed by atoms with Crippen LogP contribution in [0.2, 0.25) is 0 Å². The SMILES string of the molecule is Cc1cccn2cc(CC(=O)Nc3ccc(-c4nnco4)cc3)nc12. The largest absolute Gasteiger partial charge is 0.423 e. The van der Waals surface area contributed by atoms with Gasteiger partial charge >= 0.3 is 0 Å². The van der Waals surface area contributed by atoms with Crippen molar-refractivity contribution in [1.29, 1.82) is 0 Å². The molecule has 4 rings (SSSR count). The standard InChI is InChI=1S/C18H15N5O2/c1-12-3-2-8-23-10-15(21-17(12)23)9-16(24)20-14-6-4-13(5-7-14)18-22-19-11-25-18/h2-8,10-11H,9H2,1H3,(H,20,24). The number of carbonyl (C=O) groups is 1. The van der Waals surface area contributed by atoms with Crippen LogP contribution in [0.25, 0.3) is 17.1 Å². The zero-order valence-electron chi connectivity index (χ0n) is 13.5. The average molecular weight is 333 g/mol. The van der Waals surface area contributed by atoms with Gasteiger partial charge in [0.1, 0.15) is 5.65 Å². The van der Waals surface area contributed by atoms with Crippen LogP contribution in [0.5, 0.6) is 0 Å². The lowest BCUT2D eigenvalue weighted by molar-refractivity contribution is -0.115. The average Bonchev–Trinajstić information content (AvgIpc) is 3.25. The number of nitrogens with one attached hydrogen (secondary N) is 1. The summed E-state index contributed by atoms with van der Waals surface area (Å²) in [5.41, 5.74) is 4.17. The van der Waals surface area contributed by atoms with E-state index in [9.17, 15) is 4.79 Å². The second-order valence-electron chi connectivity index (χ2n) is 5.70. The number of fused-ring (bicyclic) bond motifs is 1. The third kappa shape index (κ3) is 3.12. The minimum atomic E-state index is -0.119. The van der Waals surface area contributed by atoms with Crippen molar-refractivity contribution in [1.82, 2.24) is 19.6 Å². The molecule has 1 amide bonds. The molecule has 0 saturated heterocycles. The second kappa shape index (κ2) is 6.20. The minimum absolute atomic E-state index is 0.119. The number of pyridine rings is 1. The van der Waals surface area contributed by atoms with Gasteiger partial charge in [-0.15, -0.1) is 10.2 Å². The van der Waals surface area contributed by atoms with Gasteiger partial charge in [0.05, 0.1) is 12.1 Å². The fourth-order valence-electron chi connectivity index (χ4n) is 2.65. The predicted molar refractivity (Wildman–Crippen MR) is 92.0 cm³/mol. The Morgan fingerprint density at radius 3 is 2.80 bits per heavy atom. The Bertz CT molecular complexity index is 1020. The number of aryl methyl sites for hydroxylation is 1. The van der Waals surface area contributed by atoms with E-state index in [1.807, 2.05) is 48.0 Å². The number of nitrogens with zero attached hydrogens (tertiary/aromatic N) is 4. The molecule has 0 atom stereocenters. The summed E-state index contributed by atoms with van der Waals surface area (Å²) >= 11 is 0. The van der Waals surface area contributed by atoms with E-state index in [-0.39, 0.29) is 12.3 Å². The third-order valence-corrected chi connectivity index (χ3v) is 3.85. The zero-order valence-corrected chi connectivity index (χ0v) is 13.5. The number of carbonyl (C=O) groups excluding carboxylic acids is 1. The van der Waals surface area contributed by atoms with Gasteiger partial charge in [-0.25, -0.2) is 4.98 Å². The molecule has 4 aromatic rings. The van der Waals surface area contributed by atoms with Crippen molar-refractivity contribution >= 4 is 17.2 Å². The summed E-state index contributed by atoms with van der Waals surface area (Å²) in [5, 5.41) is 10.4. The number of benzene rings is 1. The fourth-order valence-corrected chi connectivity index (χ4v) is 2.65. The number of rotatable bonds is 4. The quantitative estimate of drug-likeness (QED) is 0.621. The molecule has 0 bridgehead atoms. The van der Waals surface area contributed by atoms with Crippen LogP contribution in [0.1, 0.15) is 11.3 Å². The van der Waals surface area contributed by atoms with Crippen molar-refractivity contribution in [3.63, 3.8) is 0 Å². The molecule has 3 heterocycles. The summed E-state index contributed by atoms with van der Waals surface area (Å²) in [6, 6.07) is 11.2. The van der Waals surface area contributed by atoms with E-state index in [0.717, 1.165) is 22.5 Å². The van der Waals surface area contributed by atoms with Crippen molar-refractivity contribution < 1.29 is 9.21 Å². The lowest BCUT2D eigenvalue weighted by Crippen LogP contribution is -2.14. The predicted octanol–water partition coefficient (Wildman–Crippen LogP) is 2.87. The molecule has 0 aliphatic carbocycles. The van der Waals surface area contributed by atoms with Crippen molar-refractivity contribution in [2.45, 2.75) is 13.3 Å². The number of hydrogen-bond acceptors (Lipinski definition) is 5. The third-order valence-electron chi connectivity index (χ3n) is 3.85. The molecule has 0 unspecified atom stereocenters. The number of imidazole rings is 1. The highest BCUT2D eigenvalue weighted by atomic mass is 16.4. The van der Waals surface area contributed by atoms with Crippen molar-refractivity contribution in [2.24, 2.45) is 0 Å². The number of aromatic nitrogens is 4. The summed E-state index contributed by atoms with van der Waals surface area (Å²) in [6.45, 7) is 2.00. The molecule has 0 fully saturated rings. The van der Waals surface area contributed by atoms with Gasteiger partial charge in [-0.2, -0.15) is 0 Å². The minimum Gasteiger partial charge on any atom is -0.423 e. The molecule has 124 valence electrons. The van der Waals surface area contributed by atoms with Gasteiger partial charge in [0.15, 0.2) is 0 Å². The lowest BCUT2D eigenvalue weighted by Gasteiger charge is -2.04. The Labute approximate surface area is 143 Å². The van der Waals surface area contributed by atoms with Gasteiger partial charge in [-0.1, -0.05) is 6.07 Å². The molecule has 25 heavy (non-hydrogen) atoms. The number of hydrogen-bond donors (Lipinski definition) is 1. The van der Waals surface area contributed by atoms with Gasteiger partial charge in [-0.3, -0.25) is 4.79 Å². The Morgan fingerprint density at radius 2 is 2.08 bits per heavy atom. The Kier molecular flexibility index (Phi) is 3.74. The summed E-state index contributed by atoms with van der Waals surface area (Å²) in [7, 11) is 0. The maximum atomic E-state index is 12.3. The molecule has 7 heteroatoms. The summed E-state index contributed by atoms with van der Waals surface area (Å²) < 4.78 is 7.07. The van der Waals surface area contributed by atoms with Crippen molar-refractivity contribution in [2.75, 3.05) is 5.32 Å². The van der Waals surface area contributed by atoms with Crippen molar-refractivity contribution in [3.05, 3.63) is 66.4 Å². The fraction of sp³-hybridized carbons (Fsp3) is 0.111.